The summed E-state index contributed by atoms with van der Waals surface area (Å²) in [6.07, 6.45) is 2.09. The number of benzene rings is 2. The summed E-state index contributed by atoms with van der Waals surface area (Å²) in [5.74, 6) is -0.00320. The normalized spacial score (nSPS) is 10.8. The molecule has 3 rings (SSSR count). The SMILES string of the molecule is CCOCc1ccc(CNC(=O)Cc2cccc3cccnc23)cc1. The zero-order chi connectivity index (χ0) is 17.5. The molecule has 0 fully saturated rings. The molecule has 1 heterocycles. The molecule has 128 valence electrons. The molecule has 0 spiro atoms. The standard InChI is InChI=1S/C21H22N2O2/c1-2-25-15-17-10-8-16(9-11-17)14-23-20(24)13-19-6-3-5-18-7-4-12-22-21(18)19/h3-12H,2,13-15H2,1H3,(H,23,24). The Kier molecular flexibility index (Phi) is 5.75. The smallest absolute Gasteiger partial charge is 0.224 e. The molecule has 0 unspecified atom stereocenters. The van der Waals surface area contributed by atoms with E-state index in [0.29, 0.717) is 26.2 Å². The Morgan fingerprint density at radius 1 is 1.04 bits per heavy atom. The van der Waals surface area contributed by atoms with Crippen LogP contribution in [0.5, 0.6) is 0 Å². The molecular weight excluding hydrogens is 312 g/mol. The highest BCUT2D eigenvalue weighted by molar-refractivity contribution is 5.87. The summed E-state index contributed by atoms with van der Waals surface area (Å²) in [7, 11) is 0. The Labute approximate surface area is 147 Å². The van der Waals surface area contributed by atoms with Crippen molar-refractivity contribution in [3.63, 3.8) is 0 Å². The van der Waals surface area contributed by atoms with Gasteiger partial charge in [-0.25, -0.2) is 0 Å². The van der Waals surface area contributed by atoms with Crippen molar-refractivity contribution in [3.8, 4) is 0 Å². The van der Waals surface area contributed by atoms with E-state index >= 15 is 0 Å². The predicted molar refractivity (Wildman–Crippen MR) is 99.1 cm³/mol. The first-order chi connectivity index (χ1) is 12.3. The highest BCUT2D eigenvalue weighted by Gasteiger charge is 2.07. The third-order valence-corrected chi connectivity index (χ3v) is 4.05. The summed E-state index contributed by atoms with van der Waals surface area (Å²) in [5.41, 5.74) is 4.05. The zero-order valence-electron chi connectivity index (χ0n) is 14.4. The molecule has 25 heavy (non-hydrogen) atoms. The Morgan fingerprint density at radius 3 is 2.60 bits per heavy atom. The Hall–Kier alpha value is -2.72. The molecule has 0 aliphatic heterocycles. The second kappa shape index (κ2) is 8.40. The fourth-order valence-electron chi connectivity index (χ4n) is 2.72. The quantitative estimate of drug-likeness (QED) is 0.718. The van der Waals surface area contributed by atoms with Gasteiger partial charge in [0, 0.05) is 24.7 Å². The largest absolute Gasteiger partial charge is 0.377 e. The maximum atomic E-state index is 12.3. The first-order valence-corrected chi connectivity index (χ1v) is 8.51. The van der Waals surface area contributed by atoms with E-state index in [1.165, 1.54) is 0 Å². The average molecular weight is 334 g/mol. The van der Waals surface area contributed by atoms with Gasteiger partial charge in [-0.2, -0.15) is 0 Å². The van der Waals surface area contributed by atoms with Crippen LogP contribution < -0.4 is 5.32 Å². The van der Waals surface area contributed by atoms with E-state index in [-0.39, 0.29) is 5.91 Å². The lowest BCUT2D eigenvalue weighted by Gasteiger charge is -2.08. The van der Waals surface area contributed by atoms with E-state index in [0.717, 1.165) is 27.6 Å². The van der Waals surface area contributed by atoms with Crippen molar-refractivity contribution in [2.75, 3.05) is 6.61 Å². The van der Waals surface area contributed by atoms with E-state index in [2.05, 4.69) is 10.3 Å². The van der Waals surface area contributed by atoms with Crippen LogP contribution in [0, 0.1) is 0 Å². The fraction of sp³-hybridized carbons (Fsp3) is 0.238. The van der Waals surface area contributed by atoms with Crippen LogP contribution >= 0.6 is 0 Å². The second-order valence-corrected chi connectivity index (χ2v) is 5.90. The first kappa shape index (κ1) is 17.1. The molecule has 2 aromatic carbocycles. The first-order valence-electron chi connectivity index (χ1n) is 8.51. The van der Waals surface area contributed by atoms with Gasteiger partial charge >= 0.3 is 0 Å². The molecule has 0 aliphatic carbocycles. The van der Waals surface area contributed by atoms with Gasteiger partial charge in [-0.3, -0.25) is 9.78 Å². The maximum Gasteiger partial charge on any atom is 0.224 e. The molecule has 1 aromatic heterocycles. The third kappa shape index (κ3) is 4.64. The van der Waals surface area contributed by atoms with Crippen molar-refractivity contribution in [1.82, 2.24) is 10.3 Å². The van der Waals surface area contributed by atoms with Crippen molar-refractivity contribution >= 4 is 16.8 Å². The van der Waals surface area contributed by atoms with Gasteiger partial charge in [0.25, 0.3) is 0 Å². The number of fused-ring (bicyclic) bond motifs is 1. The summed E-state index contributed by atoms with van der Waals surface area (Å²) in [6, 6.07) is 17.9. The lowest BCUT2D eigenvalue weighted by Crippen LogP contribution is -2.24. The lowest BCUT2D eigenvalue weighted by molar-refractivity contribution is -0.120. The van der Waals surface area contributed by atoms with Crippen LogP contribution in [0.4, 0.5) is 0 Å². The number of carbonyl (C=O) groups is 1. The summed E-state index contributed by atoms with van der Waals surface area (Å²) in [4.78, 5) is 16.7. The van der Waals surface area contributed by atoms with Crippen LogP contribution in [0.25, 0.3) is 10.9 Å². The molecule has 0 bridgehead atoms. The van der Waals surface area contributed by atoms with E-state index in [4.69, 9.17) is 4.74 Å². The molecule has 0 aliphatic rings. The molecule has 0 saturated carbocycles. The Morgan fingerprint density at radius 2 is 1.80 bits per heavy atom. The van der Waals surface area contributed by atoms with Crippen molar-refractivity contribution < 1.29 is 9.53 Å². The molecule has 0 atom stereocenters. The van der Waals surface area contributed by atoms with Gasteiger partial charge in [0.1, 0.15) is 0 Å². The van der Waals surface area contributed by atoms with Crippen molar-refractivity contribution in [1.29, 1.82) is 0 Å². The van der Waals surface area contributed by atoms with Gasteiger partial charge in [0.2, 0.25) is 5.91 Å². The van der Waals surface area contributed by atoms with Gasteiger partial charge in [-0.15, -0.1) is 0 Å². The van der Waals surface area contributed by atoms with Crippen molar-refractivity contribution in [2.45, 2.75) is 26.5 Å². The number of nitrogens with zero attached hydrogens (tertiary/aromatic N) is 1. The van der Waals surface area contributed by atoms with Gasteiger partial charge in [-0.1, -0.05) is 48.5 Å². The zero-order valence-corrected chi connectivity index (χ0v) is 14.4. The summed E-state index contributed by atoms with van der Waals surface area (Å²) < 4.78 is 5.38. The van der Waals surface area contributed by atoms with E-state index in [9.17, 15) is 4.79 Å². The van der Waals surface area contributed by atoms with E-state index in [1.54, 1.807) is 6.20 Å². The van der Waals surface area contributed by atoms with Gasteiger partial charge < -0.3 is 10.1 Å². The number of amides is 1. The molecule has 3 aromatic rings. The van der Waals surface area contributed by atoms with Crippen LogP contribution in [0.3, 0.4) is 0 Å². The number of ether oxygens (including phenoxy) is 1. The number of carbonyl (C=O) groups excluding carboxylic acids is 1. The molecule has 0 radical (unpaired) electrons. The third-order valence-electron chi connectivity index (χ3n) is 4.05. The minimum atomic E-state index is -0.00320. The van der Waals surface area contributed by atoms with Crippen LogP contribution in [0.1, 0.15) is 23.6 Å². The highest BCUT2D eigenvalue weighted by Crippen LogP contribution is 2.16. The highest BCUT2D eigenvalue weighted by atomic mass is 16.5. The lowest BCUT2D eigenvalue weighted by atomic mass is 10.1. The number of hydrogen-bond acceptors (Lipinski definition) is 3. The van der Waals surface area contributed by atoms with Crippen LogP contribution in [0.15, 0.2) is 60.8 Å². The summed E-state index contributed by atoms with van der Waals surface area (Å²) in [5, 5.41) is 4.03. The monoisotopic (exact) mass is 334 g/mol. The van der Waals surface area contributed by atoms with Crippen LogP contribution in [-0.2, 0) is 29.1 Å². The number of para-hydroxylation sites is 1. The van der Waals surface area contributed by atoms with Crippen LogP contribution in [0.2, 0.25) is 0 Å². The Balaban J connectivity index is 1.57. The second-order valence-electron chi connectivity index (χ2n) is 5.90. The predicted octanol–water partition coefficient (Wildman–Crippen LogP) is 3.63. The molecule has 1 N–H and O–H groups in total. The fourth-order valence-corrected chi connectivity index (χ4v) is 2.72. The summed E-state index contributed by atoms with van der Waals surface area (Å²) in [6.45, 7) is 3.83. The molecule has 1 amide bonds. The number of aromatic nitrogens is 1. The van der Waals surface area contributed by atoms with E-state index < -0.39 is 0 Å². The molecule has 0 saturated heterocycles. The average Bonchev–Trinajstić information content (AvgIpc) is 2.66. The van der Waals surface area contributed by atoms with Gasteiger partial charge in [0.05, 0.1) is 18.5 Å². The molecule has 4 nitrogen and oxygen atoms in total. The summed E-state index contributed by atoms with van der Waals surface area (Å²) >= 11 is 0. The van der Waals surface area contributed by atoms with Gasteiger partial charge in [-0.05, 0) is 29.7 Å². The minimum Gasteiger partial charge on any atom is -0.377 e. The van der Waals surface area contributed by atoms with Crippen molar-refractivity contribution in [3.05, 3.63) is 77.5 Å². The molecule has 4 heteroatoms. The van der Waals surface area contributed by atoms with Crippen LogP contribution in [-0.4, -0.2) is 17.5 Å². The molecular formula is C21H22N2O2. The van der Waals surface area contributed by atoms with Gasteiger partial charge in [0.15, 0.2) is 0 Å². The number of rotatable bonds is 7. The number of pyridine rings is 1. The minimum absolute atomic E-state index is 0.00320. The number of hydrogen-bond donors (Lipinski definition) is 1. The van der Waals surface area contributed by atoms with E-state index in [1.807, 2.05) is 61.5 Å². The maximum absolute atomic E-state index is 12.3. The van der Waals surface area contributed by atoms with Crippen molar-refractivity contribution in [2.24, 2.45) is 0 Å². The number of nitrogens with one attached hydrogen (secondary N) is 1. The Bertz CT molecular complexity index is 839. The topological polar surface area (TPSA) is 51.2 Å².